The van der Waals surface area contributed by atoms with Gasteiger partial charge >= 0.3 is 5.97 Å². The van der Waals surface area contributed by atoms with Gasteiger partial charge in [0.05, 0.1) is 5.92 Å². The number of hydrogen-bond acceptors (Lipinski definition) is 1. The lowest BCUT2D eigenvalue weighted by molar-refractivity contribution is -0.138. The second-order valence-electron chi connectivity index (χ2n) is 3.34. The van der Waals surface area contributed by atoms with Crippen molar-refractivity contribution in [3.05, 3.63) is 35.6 Å². The maximum atomic E-state index is 12.7. The van der Waals surface area contributed by atoms with E-state index in [9.17, 15) is 9.18 Å². The van der Waals surface area contributed by atoms with Gasteiger partial charge < -0.3 is 5.11 Å². The van der Waals surface area contributed by atoms with Crippen LogP contribution in [-0.2, 0) is 4.79 Å². The van der Waals surface area contributed by atoms with Crippen molar-refractivity contribution in [2.24, 2.45) is 5.92 Å². The zero-order valence-electron chi connectivity index (χ0n) is 6.90. The summed E-state index contributed by atoms with van der Waals surface area (Å²) in [4.78, 5) is 10.5. The molecule has 2 nitrogen and oxygen atoms in total. The van der Waals surface area contributed by atoms with Crippen LogP contribution in [0.25, 0.3) is 0 Å². The van der Waals surface area contributed by atoms with Crippen LogP contribution in [0.4, 0.5) is 4.39 Å². The van der Waals surface area contributed by atoms with Crippen molar-refractivity contribution in [2.75, 3.05) is 0 Å². The smallest absolute Gasteiger partial charge is 0.307 e. The number of carboxylic acids is 1. The van der Waals surface area contributed by atoms with Crippen LogP contribution in [0, 0.1) is 11.7 Å². The second kappa shape index (κ2) is 2.83. The molecule has 1 aromatic carbocycles. The molecule has 0 amide bonds. The fraction of sp³-hybridized carbons (Fsp3) is 0.300. The summed E-state index contributed by atoms with van der Waals surface area (Å²) in [7, 11) is 0. The Hall–Kier alpha value is -1.38. The van der Waals surface area contributed by atoms with Crippen molar-refractivity contribution in [2.45, 2.75) is 12.3 Å². The lowest BCUT2D eigenvalue weighted by atomic mass is 10.1. The normalized spacial score (nSPS) is 25.6. The third kappa shape index (κ3) is 1.54. The molecule has 1 aliphatic rings. The zero-order chi connectivity index (χ0) is 9.42. The van der Waals surface area contributed by atoms with Gasteiger partial charge in [-0.05, 0) is 30.0 Å². The second-order valence-corrected chi connectivity index (χ2v) is 3.34. The summed E-state index contributed by atoms with van der Waals surface area (Å²) in [6.07, 6.45) is 0.638. The number of halogens is 1. The summed E-state index contributed by atoms with van der Waals surface area (Å²) in [6, 6.07) is 6.16. The van der Waals surface area contributed by atoms with Crippen molar-refractivity contribution in [1.29, 1.82) is 0 Å². The number of carbonyl (C=O) groups is 1. The molecule has 0 aromatic heterocycles. The predicted octanol–water partition coefficient (Wildman–Crippen LogP) is 2.01. The molecule has 3 heteroatoms. The summed E-state index contributed by atoms with van der Waals surface area (Å²) in [5, 5.41) is 8.66. The van der Waals surface area contributed by atoms with Crippen molar-refractivity contribution < 1.29 is 14.3 Å². The van der Waals surface area contributed by atoms with E-state index >= 15 is 0 Å². The van der Waals surface area contributed by atoms with Crippen LogP contribution in [0.1, 0.15) is 17.9 Å². The lowest BCUT2D eigenvalue weighted by Crippen LogP contribution is -1.98. The van der Waals surface area contributed by atoms with Crippen LogP contribution in [0.15, 0.2) is 24.3 Å². The van der Waals surface area contributed by atoms with Crippen LogP contribution in [0.3, 0.4) is 0 Å². The molecule has 0 heterocycles. The molecule has 68 valence electrons. The maximum absolute atomic E-state index is 12.7. The van der Waals surface area contributed by atoms with Crippen LogP contribution >= 0.6 is 0 Å². The van der Waals surface area contributed by atoms with E-state index in [1.807, 2.05) is 0 Å². The highest BCUT2D eigenvalue weighted by atomic mass is 19.1. The number of aliphatic carboxylic acids is 1. The molecule has 0 aliphatic heterocycles. The van der Waals surface area contributed by atoms with E-state index in [1.165, 1.54) is 12.1 Å². The van der Waals surface area contributed by atoms with E-state index in [0.29, 0.717) is 6.42 Å². The van der Waals surface area contributed by atoms with Crippen LogP contribution < -0.4 is 0 Å². The Balaban J connectivity index is 2.16. The maximum Gasteiger partial charge on any atom is 0.307 e. The minimum Gasteiger partial charge on any atom is -0.481 e. The largest absolute Gasteiger partial charge is 0.481 e. The number of hydrogen-bond donors (Lipinski definition) is 1. The van der Waals surface area contributed by atoms with E-state index in [4.69, 9.17) is 5.11 Å². The van der Waals surface area contributed by atoms with Crippen molar-refractivity contribution in [3.8, 4) is 0 Å². The summed E-state index contributed by atoms with van der Waals surface area (Å²) in [5.74, 6) is -1.36. The highest BCUT2D eigenvalue weighted by Crippen LogP contribution is 2.47. The molecule has 1 aromatic rings. The molecule has 13 heavy (non-hydrogen) atoms. The highest BCUT2D eigenvalue weighted by molar-refractivity contribution is 5.75. The van der Waals surface area contributed by atoms with E-state index in [-0.39, 0.29) is 17.7 Å². The Kier molecular flexibility index (Phi) is 1.79. The first-order valence-electron chi connectivity index (χ1n) is 4.17. The Morgan fingerprint density at radius 1 is 1.54 bits per heavy atom. The Bertz CT molecular complexity index is 349. The average Bonchev–Trinajstić information content (AvgIpc) is 2.82. The minimum absolute atomic E-state index is 0.0215. The Morgan fingerprint density at radius 3 is 2.85 bits per heavy atom. The molecule has 0 radical (unpaired) electrons. The summed E-state index contributed by atoms with van der Waals surface area (Å²) >= 11 is 0. The summed E-state index contributed by atoms with van der Waals surface area (Å²) in [5.41, 5.74) is 0.799. The molecule has 0 spiro atoms. The van der Waals surface area contributed by atoms with E-state index in [2.05, 4.69) is 0 Å². The van der Waals surface area contributed by atoms with Gasteiger partial charge in [0.25, 0.3) is 0 Å². The van der Waals surface area contributed by atoms with Crippen molar-refractivity contribution >= 4 is 5.97 Å². The molecule has 1 N–H and O–H groups in total. The van der Waals surface area contributed by atoms with Crippen LogP contribution in [0.5, 0.6) is 0 Å². The first-order valence-corrected chi connectivity index (χ1v) is 4.17. The molecule has 0 saturated heterocycles. The van der Waals surface area contributed by atoms with Crippen LogP contribution in [0.2, 0.25) is 0 Å². The SMILES string of the molecule is O=C(O)C1C[C@@H]1c1cccc(F)c1. The molecule has 1 saturated carbocycles. The molecular formula is C10H9FO2. The van der Waals surface area contributed by atoms with E-state index in [0.717, 1.165) is 5.56 Å². The molecular weight excluding hydrogens is 171 g/mol. The van der Waals surface area contributed by atoms with E-state index < -0.39 is 5.97 Å². The Morgan fingerprint density at radius 2 is 2.31 bits per heavy atom. The molecule has 2 rings (SSSR count). The van der Waals surface area contributed by atoms with Crippen molar-refractivity contribution in [3.63, 3.8) is 0 Å². The molecule has 1 unspecified atom stereocenters. The topological polar surface area (TPSA) is 37.3 Å². The first kappa shape index (κ1) is 8.23. The van der Waals surface area contributed by atoms with Gasteiger partial charge in [0.15, 0.2) is 0 Å². The Labute approximate surface area is 75.0 Å². The van der Waals surface area contributed by atoms with Gasteiger partial charge in [0.2, 0.25) is 0 Å². The molecule has 2 atom stereocenters. The number of benzene rings is 1. The van der Waals surface area contributed by atoms with Gasteiger partial charge in [-0.15, -0.1) is 0 Å². The van der Waals surface area contributed by atoms with Gasteiger partial charge in [-0.3, -0.25) is 4.79 Å². The molecule has 1 aliphatic carbocycles. The third-order valence-electron chi connectivity index (χ3n) is 2.38. The number of carboxylic acid groups (broad SMARTS) is 1. The average molecular weight is 180 g/mol. The van der Waals surface area contributed by atoms with Gasteiger partial charge in [-0.1, -0.05) is 12.1 Å². The minimum atomic E-state index is -0.783. The standard InChI is InChI=1S/C10H9FO2/c11-7-3-1-2-6(4-7)8-5-9(8)10(12)13/h1-4,8-9H,5H2,(H,12,13)/t8-,9?/m1/s1. The van der Waals surface area contributed by atoms with Gasteiger partial charge in [0.1, 0.15) is 5.82 Å². The summed E-state index contributed by atoms with van der Waals surface area (Å²) < 4.78 is 12.7. The van der Waals surface area contributed by atoms with Crippen LogP contribution in [-0.4, -0.2) is 11.1 Å². The highest BCUT2D eigenvalue weighted by Gasteiger charge is 2.44. The van der Waals surface area contributed by atoms with Crippen molar-refractivity contribution in [1.82, 2.24) is 0 Å². The quantitative estimate of drug-likeness (QED) is 0.755. The number of rotatable bonds is 2. The fourth-order valence-corrected chi connectivity index (χ4v) is 1.57. The predicted molar refractivity (Wildman–Crippen MR) is 44.9 cm³/mol. The first-order chi connectivity index (χ1) is 6.18. The van der Waals surface area contributed by atoms with Gasteiger partial charge in [0, 0.05) is 0 Å². The fourth-order valence-electron chi connectivity index (χ4n) is 1.57. The molecule has 0 bridgehead atoms. The monoisotopic (exact) mass is 180 g/mol. The molecule has 1 fully saturated rings. The lowest BCUT2D eigenvalue weighted by Gasteiger charge is -1.97. The summed E-state index contributed by atoms with van der Waals surface area (Å²) in [6.45, 7) is 0. The van der Waals surface area contributed by atoms with Gasteiger partial charge in [-0.25, -0.2) is 4.39 Å². The third-order valence-corrected chi connectivity index (χ3v) is 2.38. The zero-order valence-corrected chi connectivity index (χ0v) is 6.90. The van der Waals surface area contributed by atoms with E-state index in [1.54, 1.807) is 12.1 Å². The van der Waals surface area contributed by atoms with Gasteiger partial charge in [-0.2, -0.15) is 0 Å².